The summed E-state index contributed by atoms with van der Waals surface area (Å²) in [5, 5.41) is 9.60. The first-order chi connectivity index (χ1) is 11.5. The van der Waals surface area contributed by atoms with Gasteiger partial charge >= 0.3 is 0 Å². The summed E-state index contributed by atoms with van der Waals surface area (Å²) < 4.78 is 0. The minimum atomic E-state index is -0.0283. The molecule has 0 unspecified atom stereocenters. The second kappa shape index (κ2) is 9.39. The van der Waals surface area contributed by atoms with Gasteiger partial charge in [-0.2, -0.15) is 0 Å². The standard InChI is InChI=1S/C16H23N5OS2/c1-12-9-18-14(24-12)10-19-16(20-11-15(22)21(2)3)17-7-6-13-5-4-8-23-13/h4-5,8-9H,6-7,10-11H2,1-3H3,(H2,17,19,20). The molecule has 0 spiro atoms. The molecule has 0 radical (unpaired) electrons. The smallest absolute Gasteiger partial charge is 0.243 e. The average molecular weight is 366 g/mol. The van der Waals surface area contributed by atoms with Gasteiger partial charge in [0.05, 0.1) is 6.54 Å². The number of aryl methyl sites for hydroxylation is 1. The van der Waals surface area contributed by atoms with Crippen LogP contribution in [0.5, 0.6) is 0 Å². The highest BCUT2D eigenvalue weighted by molar-refractivity contribution is 7.11. The van der Waals surface area contributed by atoms with Crippen molar-refractivity contribution in [2.75, 3.05) is 27.2 Å². The molecule has 2 rings (SSSR count). The van der Waals surface area contributed by atoms with Crippen molar-refractivity contribution in [1.82, 2.24) is 20.5 Å². The highest BCUT2D eigenvalue weighted by Crippen LogP contribution is 2.10. The van der Waals surface area contributed by atoms with Crippen molar-refractivity contribution in [3.63, 3.8) is 0 Å². The Morgan fingerprint density at radius 2 is 2.21 bits per heavy atom. The highest BCUT2D eigenvalue weighted by Gasteiger charge is 2.06. The van der Waals surface area contributed by atoms with Crippen LogP contribution in [0.2, 0.25) is 0 Å². The molecule has 1 amide bonds. The Labute approximate surface area is 150 Å². The first-order valence-corrected chi connectivity index (χ1v) is 9.40. The summed E-state index contributed by atoms with van der Waals surface area (Å²) in [4.78, 5) is 24.5. The van der Waals surface area contributed by atoms with Crippen LogP contribution < -0.4 is 10.6 Å². The van der Waals surface area contributed by atoms with E-state index in [9.17, 15) is 4.79 Å². The summed E-state index contributed by atoms with van der Waals surface area (Å²) in [7, 11) is 3.46. The van der Waals surface area contributed by atoms with Crippen LogP contribution in [0, 0.1) is 6.92 Å². The van der Waals surface area contributed by atoms with E-state index in [0.717, 1.165) is 18.0 Å². The maximum Gasteiger partial charge on any atom is 0.243 e. The molecule has 0 aliphatic heterocycles. The number of aromatic nitrogens is 1. The first-order valence-electron chi connectivity index (χ1n) is 7.70. The third kappa shape index (κ3) is 6.29. The zero-order valence-corrected chi connectivity index (χ0v) is 15.8. The van der Waals surface area contributed by atoms with E-state index in [4.69, 9.17) is 0 Å². The van der Waals surface area contributed by atoms with Gasteiger partial charge in [0.15, 0.2) is 5.96 Å². The van der Waals surface area contributed by atoms with E-state index in [2.05, 4.69) is 32.1 Å². The fourth-order valence-corrected chi connectivity index (χ4v) is 3.30. The summed E-state index contributed by atoms with van der Waals surface area (Å²) in [6.07, 6.45) is 2.79. The Morgan fingerprint density at radius 1 is 1.38 bits per heavy atom. The van der Waals surface area contributed by atoms with E-state index in [1.54, 1.807) is 36.8 Å². The Balaban J connectivity index is 1.89. The van der Waals surface area contributed by atoms with Crippen molar-refractivity contribution < 1.29 is 4.79 Å². The van der Waals surface area contributed by atoms with Crippen LogP contribution in [-0.4, -0.2) is 48.9 Å². The number of hydrogen-bond acceptors (Lipinski definition) is 5. The number of guanidine groups is 1. The number of thiazole rings is 1. The van der Waals surface area contributed by atoms with Gasteiger partial charge in [-0.15, -0.1) is 22.7 Å². The molecule has 2 aromatic rings. The number of aliphatic imine (C=N–C) groups is 1. The lowest BCUT2D eigenvalue weighted by atomic mass is 10.3. The molecule has 0 saturated carbocycles. The van der Waals surface area contributed by atoms with Gasteiger partial charge in [-0.3, -0.25) is 4.79 Å². The molecule has 0 atom stereocenters. The van der Waals surface area contributed by atoms with Crippen LogP contribution in [-0.2, 0) is 17.8 Å². The van der Waals surface area contributed by atoms with E-state index in [-0.39, 0.29) is 12.5 Å². The monoisotopic (exact) mass is 365 g/mol. The fraction of sp³-hybridized carbons (Fsp3) is 0.438. The van der Waals surface area contributed by atoms with Gasteiger partial charge in [0.2, 0.25) is 5.91 Å². The number of nitrogens with zero attached hydrogens (tertiary/aromatic N) is 3. The molecule has 0 aliphatic rings. The molecule has 2 heterocycles. The van der Waals surface area contributed by atoms with E-state index in [1.165, 1.54) is 14.7 Å². The fourth-order valence-electron chi connectivity index (χ4n) is 1.86. The van der Waals surface area contributed by atoms with Crippen molar-refractivity contribution in [3.05, 3.63) is 38.5 Å². The van der Waals surface area contributed by atoms with Gasteiger partial charge in [0.1, 0.15) is 11.6 Å². The molecule has 0 bridgehead atoms. The molecule has 6 nitrogen and oxygen atoms in total. The molecule has 0 aliphatic carbocycles. The highest BCUT2D eigenvalue weighted by atomic mass is 32.1. The maximum atomic E-state index is 11.7. The van der Waals surface area contributed by atoms with Gasteiger partial charge in [0.25, 0.3) is 0 Å². The third-order valence-electron chi connectivity index (χ3n) is 3.19. The minimum Gasteiger partial charge on any atom is -0.356 e. The molecule has 2 aromatic heterocycles. The van der Waals surface area contributed by atoms with E-state index in [0.29, 0.717) is 12.5 Å². The van der Waals surface area contributed by atoms with Crippen molar-refractivity contribution in [2.45, 2.75) is 19.9 Å². The van der Waals surface area contributed by atoms with Gasteiger partial charge in [-0.05, 0) is 24.8 Å². The molecule has 0 aromatic carbocycles. The summed E-state index contributed by atoms with van der Waals surface area (Å²) in [6, 6.07) is 4.16. The lowest BCUT2D eigenvalue weighted by Crippen LogP contribution is -2.39. The van der Waals surface area contributed by atoms with Crippen molar-refractivity contribution >= 4 is 34.5 Å². The van der Waals surface area contributed by atoms with Crippen LogP contribution >= 0.6 is 22.7 Å². The Morgan fingerprint density at radius 3 is 2.83 bits per heavy atom. The maximum absolute atomic E-state index is 11.7. The van der Waals surface area contributed by atoms with Crippen LogP contribution in [0.1, 0.15) is 14.8 Å². The lowest BCUT2D eigenvalue weighted by molar-refractivity contribution is -0.127. The Bertz CT molecular complexity index is 664. The second-order valence-electron chi connectivity index (χ2n) is 5.43. The number of thiophene rings is 1. The number of rotatable bonds is 7. The molecule has 0 fully saturated rings. The van der Waals surface area contributed by atoms with E-state index >= 15 is 0 Å². The number of carbonyl (C=O) groups is 1. The van der Waals surface area contributed by atoms with Gasteiger partial charge < -0.3 is 15.5 Å². The van der Waals surface area contributed by atoms with Crippen LogP contribution in [0.15, 0.2) is 28.7 Å². The summed E-state index contributed by atoms with van der Waals surface area (Å²) >= 11 is 3.39. The van der Waals surface area contributed by atoms with Crippen molar-refractivity contribution in [1.29, 1.82) is 0 Å². The molecule has 0 saturated heterocycles. The number of hydrogen-bond donors (Lipinski definition) is 2. The van der Waals surface area contributed by atoms with Crippen LogP contribution in [0.3, 0.4) is 0 Å². The number of nitrogens with one attached hydrogen (secondary N) is 2. The minimum absolute atomic E-state index is 0.0283. The van der Waals surface area contributed by atoms with E-state index < -0.39 is 0 Å². The molecule has 2 N–H and O–H groups in total. The SMILES string of the molecule is Cc1cnc(CNC(=NCC(=O)N(C)C)NCCc2cccs2)s1. The summed E-state index contributed by atoms with van der Waals surface area (Å²) in [6.45, 7) is 3.52. The quantitative estimate of drug-likeness (QED) is 0.581. The molecular formula is C16H23N5OS2. The average Bonchev–Trinajstić information content (AvgIpc) is 3.20. The predicted octanol–water partition coefficient (Wildman–Crippen LogP) is 1.88. The zero-order chi connectivity index (χ0) is 17.4. The number of likely N-dealkylation sites (N-methyl/N-ethyl adjacent to an activating group) is 1. The van der Waals surface area contributed by atoms with Crippen molar-refractivity contribution in [2.24, 2.45) is 4.99 Å². The molecule has 8 heteroatoms. The first kappa shape index (κ1) is 18.4. The summed E-state index contributed by atoms with van der Waals surface area (Å²) in [5.74, 6) is 0.606. The zero-order valence-electron chi connectivity index (χ0n) is 14.2. The van der Waals surface area contributed by atoms with Gasteiger partial charge in [0, 0.05) is 36.6 Å². The molecule has 24 heavy (non-hydrogen) atoms. The second-order valence-corrected chi connectivity index (χ2v) is 7.78. The third-order valence-corrected chi connectivity index (χ3v) is 5.04. The molecule has 130 valence electrons. The van der Waals surface area contributed by atoms with Gasteiger partial charge in [-0.1, -0.05) is 6.07 Å². The van der Waals surface area contributed by atoms with Crippen molar-refractivity contribution in [3.8, 4) is 0 Å². The molecular weight excluding hydrogens is 342 g/mol. The predicted molar refractivity (Wildman–Crippen MR) is 101 cm³/mol. The number of carbonyl (C=O) groups excluding carboxylic acids is 1. The lowest BCUT2D eigenvalue weighted by Gasteiger charge is -2.13. The largest absolute Gasteiger partial charge is 0.356 e. The van der Waals surface area contributed by atoms with Gasteiger partial charge in [-0.25, -0.2) is 9.98 Å². The van der Waals surface area contributed by atoms with E-state index in [1.807, 2.05) is 19.2 Å². The topological polar surface area (TPSA) is 69.6 Å². The normalized spacial score (nSPS) is 11.4. The Kier molecular flexibility index (Phi) is 7.20. The van der Waals surface area contributed by atoms with Crippen LogP contribution in [0.4, 0.5) is 0 Å². The Hall–Kier alpha value is -1.93. The summed E-state index contributed by atoms with van der Waals surface area (Å²) in [5.41, 5.74) is 0. The number of amides is 1. The van der Waals surface area contributed by atoms with Crippen LogP contribution in [0.25, 0.3) is 0 Å².